The highest BCUT2D eigenvalue weighted by molar-refractivity contribution is 7.17. The number of amides is 2. The van der Waals surface area contributed by atoms with Crippen LogP contribution in [-0.2, 0) is 27.2 Å². The van der Waals surface area contributed by atoms with Gasteiger partial charge in [0.25, 0.3) is 11.8 Å². The first-order valence-corrected chi connectivity index (χ1v) is 9.51. The quantitative estimate of drug-likeness (QED) is 0.638. The molecule has 0 aliphatic heterocycles. The summed E-state index contributed by atoms with van der Waals surface area (Å²) in [4.78, 5) is 35.5. The highest BCUT2D eigenvalue weighted by Crippen LogP contribution is 2.45. The first kappa shape index (κ1) is 20.4. The molecule has 0 spiro atoms. The van der Waals surface area contributed by atoms with Crippen molar-refractivity contribution in [2.24, 2.45) is 17.1 Å². The van der Waals surface area contributed by atoms with Gasteiger partial charge in [-0.05, 0) is 36.2 Å². The molecule has 2 amide bonds. The van der Waals surface area contributed by atoms with E-state index in [1.165, 1.54) is 11.3 Å². The predicted molar refractivity (Wildman–Crippen MR) is 99.5 cm³/mol. The molecule has 7 nitrogen and oxygen atoms in total. The van der Waals surface area contributed by atoms with Crippen molar-refractivity contribution in [3.63, 3.8) is 0 Å². The van der Waals surface area contributed by atoms with Gasteiger partial charge in [0, 0.05) is 4.88 Å². The first-order valence-electron chi connectivity index (χ1n) is 8.69. The predicted octanol–water partition coefficient (Wildman–Crippen LogP) is 2.43. The summed E-state index contributed by atoms with van der Waals surface area (Å²) in [5.74, 6) is -1.69. The Bertz CT molecular complexity index is 711. The van der Waals surface area contributed by atoms with Crippen molar-refractivity contribution in [3.05, 3.63) is 16.0 Å². The van der Waals surface area contributed by atoms with Crippen molar-refractivity contribution < 1.29 is 24.2 Å². The smallest absolute Gasteiger partial charge is 0.329 e. The van der Waals surface area contributed by atoms with Crippen LogP contribution in [0.15, 0.2) is 0 Å². The Morgan fingerprint density at radius 2 is 2.04 bits per heavy atom. The van der Waals surface area contributed by atoms with E-state index < -0.39 is 31.0 Å². The van der Waals surface area contributed by atoms with Crippen LogP contribution in [0.2, 0.25) is 0 Å². The van der Waals surface area contributed by atoms with Crippen molar-refractivity contribution in [3.8, 4) is 0 Å². The Morgan fingerprint density at radius 3 is 2.62 bits per heavy atom. The third-order valence-electron chi connectivity index (χ3n) is 5.24. The van der Waals surface area contributed by atoms with Crippen LogP contribution in [-0.4, -0.2) is 36.1 Å². The lowest BCUT2D eigenvalue weighted by atomic mass is 9.69. The van der Waals surface area contributed by atoms with E-state index in [4.69, 9.17) is 15.6 Å². The Labute approximate surface area is 156 Å². The van der Waals surface area contributed by atoms with Gasteiger partial charge >= 0.3 is 5.97 Å². The zero-order valence-corrected chi connectivity index (χ0v) is 16.2. The molecule has 0 saturated carbocycles. The van der Waals surface area contributed by atoms with E-state index in [9.17, 15) is 14.4 Å². The molecule has 1 aliphatic carbocycles. The van der Waals surface area contributed by atoms with Gasteiger partial charge in [0.05, 0.1) is 5.56 Å². The van der Waals surface area contributed by atoms with Gasteiger partial charge < -0.3 is 20.9 Å². The van der Waals surface area contributed by atoms with Gasteiger partial charge in [0.15, 0.2) is 0 Å². The van der Waals surface area contributed by atoms with Crippen LogP contribution in [0.1, 0.15) is 54.4 Å². The molecular formula is C18H26N2O5S. The molecule has 0 saturated heterocycles. The number of hydrogen-bond acceptors (Lipinski definition) is 5. The third-order valence-corrected chi connectivity index (χ3v) is 6.41. The highest BCUT2D eigenvalue weighted by atomic mass is 32.1. The van der Waals surface area contributed by atoms with Gasteiger partial charge in [0.1, 0.15) is 18.2 Å². The molecule has 144 valence electrons. The van der Waals surface area contributed by atoms with Crippen LogP contribution in [0.4, 0.5) is 5.00 Å². The molecule has 26 heavy (non-hydrogen) atoms. The minimum Gasteiger partial charge on any atom is -0.480 e. The maximum absolute atomic E-state index is 12.0. The Morgan fingerprint density at radius 1 is 1.35 bits per heavy atom. The number of rotatable bonds is 8. The topological polar surface area (TPSA) is 119 Å². The number of fused-ring (bicyclic) bond motifs is 1. The largest absolute Gasteiger partial charge is 0.480 e. The van der Waals surface area contributed by atoms with Gasteiger partial charge in [-0.2, -0.15) is 0 Å². The normalized spacial score (nSPS) is 16.8. The molecule has 8 heteroatoms. The maximum Gasteiger partial charge on any atom is 0.329 e. The SMILES string of the molecule is CCC(C)(C)[C@@H]1CCc2c(sc(NC(=O)COCC(=O)O)c2C(N)=O)C1. The lowest BCUT2D eigenvalue weighted by molar-refractivity contribution is -0.143. The summed E-state index contributed by atoms with van der Waals surface area (Å²) >= 11 is 1.38. The van der Waals surface area contributed by atoms with E-state index in [0.29, 0.717) is 16.5 Å². The molecule has 1 aromatic heterocycles. The zero-order valence-electron chi connectivity index (χ0n) is 15.4. The molecule has 0 radical (unpaired) electrons. The summed E-state index contributed by atoms with van der Waals surface area (Å²) in [5, 5.41) is 11.6. The van der Waals surface area contributed by atoms with E-state index in [2.05, 4.69) is 26.1 Å². The number of anilines is 1. The molecule has 0 fully saturated rings. The fraction of sp³-hybridized carbons (Fsp3) is 0.611. The minimum atomic E-state index is -1.15. The van der Waals surface area contributed by atoms with E-state index in [1.807, 2.05) is 0 Å². The van der Waals surface area contributed by atoms with Gasteiger partial charge in [0.2, 0.25) is 0 Å². The van der Waals surface area contributed by atoms with Gasteiger partial charge in [-0.25, -0.2) is 4.79 Å². The monoisotopic (exact) mass is 382 g/mol. The summed E-state index contributed by atoms with van der Waals surface area (Å²) in [5.41, 5.74) is 7.08. The summed E-state index contributed by atoms with van der Waals surface area (Å²) < 4.78 is 4.78. The van der Waals surface area contributed by atoms with Crippen molar-refractivity contribution in [1.29, 1.82) is 0 Å². The number of primary amides is 1. The maximum atomic E-state index is 12.0. The van der Waals surface area contributed by atoms with Crippen LogP contribution in [0, 0.1) is 11.3 Å². The molecule has 0 unspecified atom stereocenters. The van der Waals surface area contributed by atoms with Crippen LogP contribution in [0.25, 0.3) is 0 Å². The second-order valence-electron chi connectivity index (χ2n) is 7.29. The Kier molecular flexibility index (Phi) is 6.41. The van der Waals surface area contributed by atoms with Crippen LogP contribution in [0.3, 0.4) is 0 Å². The number of nitrogens with one attached hydrogen (secondary N) is 1. The lowest BCUT2D eigenvalue weighted by Crippen LogP contribution is -2.29. The summed E-state index contributed by atoms with van der Waals surface area (Å²) in [7, 11) is 0. The number of carboxylic acid groups (broad SMARTS) is 1. The molecule has 1 atom stereocenters. The molecule has 4 N–H and O–H groups in total. The lowest BCUT2D eigenvalue weighted by Gasteiger charge is -2.36. The van der Waals surface area contributed by atoms with E-state index in [1.54, 1.807) is 0 Å². The second-order valence-corrected chi connectivity index (χ2v) is 8.39. The van der Waals surface area contributed by atoms with Crippen molar-refractivity contribution in [2.45, 2.75) is 46.5 Å². The van der Waals surface area contributed by atoms with E-state index >= 15 is 0 Å². The fourth-order valence-corrected chi connectivity index (χ4v) is 4.63. The molecular weight excluding hydrogens is 356 g/mol. The van der Waals surface area contributed by atoms with E-state index in [-0.39, 0.29) is 5.41 Å². The number of carboxylic acids is 1. The molecule has 0 bridgehead atoms. The third kappa shape index (κ3) is 4.62. The molecule has 0 aromatic carbocycles. The number of thiophene rings is 1. The van der Waals surface area contributed by atoms with E-state index in [0.717, 1.165) is 36.1 Å². The van der Waals surface area contributed by atoms with Crippen LogP contribution >= 0.6 is 11.3 Å². The second kappa shape index (κ2) is 8.18. The van der Waals surface area contributed by atoms with Crippen LogP contribution < -0.4 is 11.1 Å². The minimum absolute atomic E-state index is 0.211. The number of aliphatic carboxylic acids is 1. The first-order chi connectivity index (χ1) is 12.2. The Balaban J connectivity index is 2.18. The number of ether oxygens (including phenoxy) is 1. The van der Waals surface area contributed by atoms with Crippen molar-refractivity contribution in [1.82, 2.24) is 0 Å². The standard InChI is InChI=1S/C18H26N2O5S/c1-4-18(2,3)10-5-6-11-12(7-10)26-17(15(11)16(19)24)20-13(21)8-25-9-14(22)23/h10H,4-9H2,1-3H3,(H2,19,24)(H,20,21)(H,22,23)/t10-/m1/s1. The number of carbonyl (C=O) groups excluding carboxylic acids is 2. The number of nitrogens with two attached hydrogens (primary N) is 1. The zero-order chi connectivity index (χ0) is 19.5. The molecule has 2 rings (SSSR count). The molecule has 1 aliphatic rings. The summed E-state index contributed by atoms with van der Waals surface area (Å²) in [6, 6.07) is 0. The number of hydrogen-bond donors (Lipinski definition) is 3. The average molecular weight is 382 g/mol. The fourth-order valence-electron chi connectivity index (χ4n) is 3.28. The van der Waals surface area contributed by atoms with Gasteiger partial charge in [-0.15, -0.1) is 11.3 Å². The average Bonchev–Trinajstić information content (AvgIpc) is 2.91. The summed E-state index contributed by atoms with van der Waals surface area (Å²) in [6.07, 6.45) is 3.70. The van der Waals surface area contributed by atoms with Crippen LogP contribution in [0.5, 0.6) is 0 Å². The van der Waals surface area contributed by atoms with Gasteiger partial charge in [-0.1, -0.05) is 27.2 Å². The van der Waals surface area contributed by atoms with Crippen molar-refractivity contribution >= 4 is 34.1 Å². The van der Waals surface area contributed by atoms with Crippen molar-refractivity contribution in [2.75, 3.05) is 18.5 Å². The molecule has 1 heterocycles. The Hall–Kier alpha value is -1.93. The number of carbonyl (C=O) groups is 3. The summed E-state index contributed by atoms with van der Waals surface area (Å²) in [6.45, 7) is 5.76. The van der Waals surface area contributed by atoms with Gasteiger partial charge in [-0.3, -0.25) is 9.59 Å². The highest BCUT2D eigenvalue weighted by Gasteiger charge is 2.34. The molecule has 1 aromatic rings.